The van der Waals surface area contributed by atoms with Crippen molar-refractivity contribution in [2.24, 2.45) is 5.14 Å². The van der Waals surface area contributed by atoms with Crippen LogP contribution in [0, 0.1) is 0 Å². The lowest BCUT2D eigenvalue weighted by Crippen LogP contribution is -2.13. The number of hydrogen-bond donors (Lipinski definition) is 1. The summed E-state index contributed by atoms with van der Waals surface area (Å²) >= 11 is 1.40. The molecule has 2 N–H and O–H groups in total. The van der Waals surface area contributed by atoms with Crippen LogP contribution in [0.4, 0.5) is 0 Å². The van der Waals surface area contributed by atoms with Crippen molar-refractivity contribution in [3.8, 4) is 10.6 Å². The lowest BCUT2D eigenvalue weighted by Gasteiger charge is -2.08. The van der Waals surface area contributed by atoms with Crippen molar-refractivity contribution >= 4 is 33.8 Å². The van der Waals surface area contributed by atoms with E-state index >= 15 is 0 Å². The molecule has 7 heteroatoms. The van der Waals surface area contributed by atoms with Crippen LogP contribution < -0.4 is 5.14 Å². The molecule has 0 saturated heterocycles. The Labute approximate surface area is 123 Å². The highest BCUT2D eigenvalue weighted by atomic mass is 35.5. The molecule has 104 valence electrons. The molecule has 1 heterocycles. The first-order valence-corrected chi connectivity index (χ1v) is 8.00. The molecule has 0 radical (unpaired) electrons. The molecule has 2 rings (SSSR count). The van der Waals surface area contributed by atoms with Crippen LogP contribution in [0.15, 0.2) is 34.7 Å². The van der Waals surface area contributed by atoms with Crippen molar-refractivity contribution in [1.29, 1.82) is 0 Å². The summed E-state index contributed by atoms with van der Waals surface area (Å²) < 4.78 is 23.1. The molecule has 4 nitrogen and oxygen atoms in total. The molecule has 0 aliphatic rings. The Morgan fingerprint density at radius 2 is 2.11 bits per heavy atom. The van der Waals surface area contributed by atoms with Crippen LogP contribution in [0.5, 0.6) is 0 Å². The summed E-state index contributed by atoms with van der Waals surface area (Å²) in [5, 5.41) is 7.73. The van der Waals surface area contributed by atoms with E-state index < -0.39 is 10.0 Å². The van der Waals surface area contributed by atoms with E-state index in [1.54, 1.807) is 18.3 Å². The summed E-state index contributed by atoms with van der Waals surface area (Å²) in [6.45, 7) is 2.08. The number of aromatic nitrogens is 1. The molecule has 1 aromatic carbocycles. The normalized spacial score (nSPS) is 11.1. The third kappa shape index (κ3) is 3.76. The number of primary sulfonamides is 1. The monoisotopic (exact) mass is 318 g/mol. The number of nitrogens with zero attached hydrogens (tertiary/aromatic N) is 1. The molecular weight excluding hydrogens is 304 g/mol. The number of sulfonamides is 1. The summed E-state index contributed by atoms with van der Waals surface area (Å²) in [5.74, 6) is 0. The number of nitrogens with two attached hydrogens (primary N) is 1. The molecule has 0 amide bonds. The van der Waals surface area contributed by atoms with E-state index in [9.17, 15) is 8.42 Å². The fraction of sp³-hybridized carbons (Fsp3) is 0.250. The van der Waals surface area contributed by atoms with Crippen molar-refractivity contribution in [2.75, 3.05) is 0 Å². The average Bonchev–Trinajstić information content (AvgIpc) is 2.81. The lowest BCUT2D eigenvalue weighted by atomic mass is 10.1. The second kappa shape index (κ2) is 6.47. The smallest absolute Gasteiger partial charge is 0.238 e. The quantitative estimate of drug-likeness (QED) is 0.942. The van der Waals surface area contributed by atoms with Crippen LogP contribution in [-0.4, -0.2) is 13.4 Å². The Morgan fingerprint density at radius 3 is 2.63 bits per heavy atom. The van der Waals surface area contributed by atoms with Gasteiger partial charge in [-0.25, -0.2) is 18.5 Å². The number of benzene rings is 1. The van der Waals surface area contributed by atoms with E-state index in [-0.39, 0.29) is 17.3 Å². The molecule has 0 spiro atoms. The second-order valence-corrected chi connectivity index (χ2v) is 6.39. The molecule has 0 saturated carbocycles. The summed E-state index contributed by atoms with van der Waals surface area (Å²) in [4.78, 5) is 4.30. The molecule has 0 unspecified atom stereocenters. The van der Waals surface area contributed by atoms with E-state index in [1.165, 1.54) is 11.3 Å². The molecular formula is C12H15ClN2O2S2. The van der Waals surface area contributed by atoms with Gasteiger partial charge in [0.05, 0.1) is 4.90 Å². The third-order valence-corrected chi connectivity index (χ3v) is 4.33. The number of halogens is 1. The van der Waals surface area contributed by atoms with Gasteiger partial charge >= 0.3 is 0 Å². The van der Waals surface area contributed by atoms with Crippen LogP contribution in [0.1, 0.15) is 18.9 Å². The predicted octanol–water partition coefficient (Wildman–Crippen LogP) is 2.83. The fourth-order valence-corrected chi connectivity index (χ4v) is 3.25. The van der Waals surface area contributed by atoms with Gasteiger partial charge in [-0.15, -0.1) is 23.7 Å². The molecule has 0 fully saturated rings. The van der Waals surface area contributed by atoms with Crippen molar-refractivity contribution in [3.05, 3.63) is 35.3 Å². The highest BCUT2D eigenvalue weighted by molar-refractivity contribution is 7.89. The minimum atomic E-state index is -3.72. The van der Waals surface area contributed by atoms with E-state index in [0.717, 1.165) is 18.4 Å². The van der Waals surface area contributed by atoms with E-state index in [4.69, 9.17) is 5.14 Å². The van der Waals surface area contributed by atoms with Crippen LogP contribution in [0.2, 0.25) is 0 Å². The van der Waals surface area contributed by atoms with E-state index in [1.807, 2.05) is 11.4 Å². The van der Waals surface area contributed by atoms with E-state index in [0.29, 0.717) is 10.6 Å². The van der Waals surface area contributed by atoms with E-state index in [2.05, 4.69) is 11.9 Å². The van der Waals surface area contributed by atoms with Crippen molar-refractivity contribution in [2.45, 2.75) is 24.7 Å². The van der Waals surface area contributed by atoms with Gasteiger partial charge in [0.1, 0.15) is 5.01 Å². The molecule has 1 aromatic heterocycles. The largest absolute Gasteiger partial charge is 0.245 e. The first-order valence-electron chi connectivity index (χ1n) is 5.58. The number of thiazole rings is 1. The first kappa shape index (κ1) is 16.1. The summed E-state index contributed by atoms with van der Waals surface area (Å²) in [7, 11) is -3.72. The molecule has 0 atom stereocenters. The summed E-state index contributed by atoms with van der Waals surface area (Å²) in [6, 6.07) is 5.24. The van der Waals surface area contributed by atoms with Crippen LogP contribution in [-0.2, 0) is 16.4 Å². The topological polar surface area (TPSA) is 73.1 Å². The molecule has 0 aliphatic heterocycles. The highest BCUT2D eigenvalue weighted by Crippen LogP contribution is 2.29. The zero-order chi connectivity index (χ0) is 13.2. The number of aryl methyl sites for hydroxylation is 1. The van der Waals surface area contributed by atoms with Gasteiger partial charge in [-0.05, 0) is 24.1 Å². The minimum absolute atomic E-state index is 0. The molecule has 19 heavy (non-hydrogen) atoms. The molecule has 0 aliphatic carbocycles. The molecule has 2 aromatic rings. The zero-order valence-corrected chi connectivity index (χ0v) is 12.8. The Balaban J connectivity index is 0.00000180. The Bertz CT molecular complexity index is 640. The number of rotatable bonds is 4. The zero-order valence-electron chi connectivity index (χ0n) is 10.4. The van der Waals surface area contributed by atoms with Crippen LogP contribution >= 0.6 is 23.7 Å². The second-order valence-electron chi connectivity index (χ2n) is 3.96. The minimum Gasteiger partial charge on any atom is -0.245 e. The van der Waals surface area contributed by atoms with Gasteiger partial charge in [0.25, 0.3) is 0 Å². The van der Waals surface area contributed by atoms with Gasteiger partial charge in [0, 0.05) is 17.1 Å². The average molecular weight is 319 g/mol. The lowest BCUT2D eigenvalue weighted by molar-refractivity contribution is 0.598. The maximum Gasteiger partial charge on any atom is 0.238 e. The van der Waals surface area contributed by atoms with Gasteiger partial charge in [-0.1, -0.05) is 19.4 Å². The van der Waals surface area contributed by atoms with Gasteiger partial charge in [0.2, 0.25) is 10.0 Å². The molecule has 0 bridgehead atoms. The van der Waals surface area contributed by atoms with Crippen molar-refractivity contribution in [3.63, 3.8) is 0 Å². The van der Waals surface area contributed by atoms with Crippen molar-refractivity contribution < 1.29 is 8.42 Å². The maximum atomic E-state index is 11.6. The predicted molar refractivity (Wildman–Crippen MR) is 80.2 cm³/mol. The Kier molecular flexibility index (Phi) is 5.49. The summed E-state index contributed by atoms with van der Waals surface area (Å²) in [6.07, 6.45) is 3.56. The third-order valence-electron chi connectivity index (χ3n) is 2.55. The Hall–Kier alpha value is -0.950. The van der Waals surface area contributed by atoms with Crippen LogP contribution in [0.25, 0.3) is 10.6 Å². The number of hydrogen-bond acceptors (Lipinski definition) is 4. The van der Waals surface area contributed by atoms with Gasteiger partial charge in [-0.3, -0.25) is 0 Å². The standard InChI is InChI=1S/C12H14N2O2S2.ClH/c1-2-3-9-4-5-11(18(13,15)16)10(8-9)12-14-6-7-17-12;/h4-8H,2-3H2,1H3,(H2,13,15,16);1H. The van der Waals surface area contributed by atoms with Gasteiger partial charge < -0.3 is 0 Å². The fourth-order valence-electron chi connectivity index (χ4n) is 1.79. The van der Waals surface area contributed by atoms with Gasteiger partial charge in [-0.2, -0.15) is 0 Å². The summed E-state index contributed by atoms with van der Waals surface area (Å²) in [5.41, 5.74) is 1.69. The van der Waals surface area contributed by atoms with Crippen molar-refractivity contribution in [1.82, 2.24) is 4.98 Å². The van der Waals surface area contributed by atoms with Gasteiger partial charge in [0.15, 0.2) is 0 Å². The highest BCUT2D eigenvalue weighted by Gasteiger charge is 2.17. The first-order chi connectivity index (χ1) is 8.52. The van der Waals surface area contributed by atoms with Crippen LogP contribution in [0.3, 0.4) is 0 Å². The Morgan fingerprint density at radius 1 is 1.37 bits per heavy atom. The SMILES string of the molecule is CCCc1ccc(S(N)(=O)=O)c(-c2nccs2)c1.Cl. The maximum absolute atomic E-state index is 11.6.